The molecule has 2 aromatic carbocycles. The van der Waals surface area contributed by atoms with Crippen molar-refractivity contribution in [2.75, 3.05) is 26.2 Å². The maximum absolute atomic E-state index is 13.4. The zero-order valence-corrected chi connectivity index (χ0v) is 18.6. The molecule has 0 saturated carbocycles. The Bertz CT molecular complexity index is 1140. The van der Waals surface area contributed by atoms with E-state index in [0.717, 1.165) is 19.6 Å². The number of amides is 1. The molecule has 1 saturated heterocycles. The summed E-state index contributed by atoms with van der Waals surface area (Å²) in [4.78, 5) is 29.6. The van der Waals surface area contributed by atoms with Crippen LogP contribution in [0.15, 0.2) is 53.3 Å². The standard InChI is InChI=1S/C25H30N4O2/c1-18(2)16-29-24(30)22-10-5-4-9-21(22)23(26-29)25(31)28-13-11-27(12-14-28)17-20-8-6-7-19(3)15-20/h4-10,15,18H,11-14,16-17H2,1-3H3/p+1. The van der Waals surface area contributed by atoms with Gasteiger partial charge in [0.15, 0.2) is 5.69 Å². The van der Waals surface area contributed by atoms with E-state index in [1.807, 2.05) is 36.9 Å². The van der Waals surface area contributed by atoms with Crippen molar-refractivity contribution >= 4 is 16.7 Å². The van der Waals surface area contributed by atoms with Crippen LogP contribution >= 0.6 is 0 Å². The molecule has 4 rings (SSSR count). The maximum atomic E-state index is 13.4. The van der Waals surface area contributed by atoms with E-state index in [2.05, 4.69) is 36.3 Å². The van der Waals surface area contributed by atoms with Crippen LogP contribution in [0.3, 0.4) is 0 Å². The lowest BCUT2D eigenvalue weighted by Gasteiger charge is -2.32. The van der Waals surface area contributed by atoms with Crippen molar-refractivity contribution in [2.24, 2.45) is 5.92 Å². The summed E-state index contributed by atoms with van der Waals surface area (Å²) < 4.78 is 1.46. The second-order valence-electron chi connectivity index (χ2n) is 8.98. The van der Waals surface area contributed by atoms with Crippen LogP contribution in [0.1, 0.15) is 35.5 Å². The Morgan fingerprint density at radius 2 is 1.77 bits per heavy atom. The number of aryl methyl sites for hydroxylation is 1. The Kier molecular flexibility index (Phi) is 6.18. The van der Waals surface area contributed by atoms with Crippen molar-refractivity contribution in [3.05, 3.63) is 75.7 Å². The molecular formula is C25H31N4O2+. The largest absolute Gasteiger partial charge is 0.328 e. The van der Waals surface area contributed by atoms with E-state index in [1.165, 1.54) is 20.7 Å². The minimum atomic E-state index is -0.131. The summed E-state index contributed by atoms with van der Waals surface area (Å²) in [6.07, 6.45) is 0. The molecule has 1 fully saturated rings. The monoisotopic (exact) mass is 419 g/mol. The number of piperazine rings is 1. The summed E-state index contributed by atoms with van der Waals surface area (Å²) in [5.74, 6) is 0.186. The van der Waals surface area contributed by atoms with Crippen LogP contribution in [-0.2, 0) is 13.1 Å². The summed E-state index contributed by atoms with van der Waals surface area (Å²) >= 11 is 0. The van der Waals surface area contributed by atoms with Crippen LogP contribution in [0.2, 0.25) is 0 Å². The van der Waals surface area contributed by atoms with Gasteiger partial charge < -0.3 is 9.80 Å². The average molecular weight is 420 g/mol. The highest BCUT2D eigenvalue weighted by Gasteiger charge is 2.27. The Hall–Kier alpha value is -2.99. The van der Waals surface area contributed by atoms with Crippen LogP contribution < -0.4 is 10.5 Å². The molecule has 0 radical (unpaired) electrons. The molecular weight excluding hydrogens is 388 g/mol. The number of nitrogens with zero attached hydrogens (tertiary/aromatic N) is 3. The van der Waals surface area contributed by atoms with Gasteiger partial charge in [-0.2, -0.15) is 5.10 Å². The molecule has 31 heavy (non-hydrogen) atoms. The number of benzene rings is 2. The predicted molar refractivity (Wildman–Crippen MR) is 122 cm³/mol. The number of rotatable bonds is 5. The third-order valence-corrected chi connectivity index (χ3v) is 5.90. The number of carbonyl (C=O) groups excluding carboxylic acids is 1. The molecule has 1 amide bonds. The van der Waals surface area contributed by atoms with E-state index in [-0.39, 0.29) is 17.4 Å². The van der Waals surface area contributed by atoms with Gasteiger partial charge in [-0.1, -0.05) is 61.9 Å². The quantitative estimate of drug-likeness (QED) is 0.687. The molecule has 2 heterocycles. The second kappa shape index (κ2) is 9.02. The molecule has 0 unspecified atom stereocenters. The van der Waals surface area contributed by atoms with Gasteiger partial charge in [0.1, 0.15) is 6.54 Å². The van der Waals surface area contributed by atoms with Crippen molar-refractivity contribution in [2.45, 2.75) is 33.9 Å². The van der Waals surface area contributed by atoms with Gasteiger partial charge in [-0.25, -0.2) is 4.68 Å². The third-order valence-electron chi connectivity index (χ3n) is 5.90. The zero-order chi connectivity index (χ0) is 22.0. The summed E-state index contributed by atoms with van der Waals surface area (Å²) in [5.41, 5.74) is 2.87. The van der Waals surface area contributed by atoms with E-state index in [0.29, 0.717) is 36.1 Å². The van der Waals surface area contributed by atoms with Gasteiger partial charge in [0.2, 0.25) is 0 Å². The lowest BCUT2D eigenvalue weighted by Crippen LogP contribution is -3.13. The lowest BCUT2D eigenvalue weighted by molar-refractivity contribution is -0.917. The Morgan fingerprint density at radius 1 is 1.06 bits per heavy atom. The smallest absolute Gasteiger partial charge is 0.275 e. The number of hydrogen-bond acceptors (Lipinski definition) is 3. The first-order valence-corrected chi connectivity index (χ1v) is 11.1. The van der Waals surface area contributed by atoms with Gasteiger partial charge in [0.05, 0.1) is 31.6 Å². The number of hydrogen-bond donors (Lipinski definition) is 1. The highest BCUT2D eigenvalue weighted by Crippen LogP contribution is 2.16. The Balaban J connectivity index is 1.53. The normalized spacial score (nSPS) is 15.0. The number of carbonyl (C=O) groups is 1. The highest BCUT2D eigenvalue weighted by atomic mass is 16.2. The zero-order valence-electron chi connectivity index (χ0n) is 18.6. The van der Waals surface area contributed by atoms with Gasteiger partial charge in [-0.15, -0.1) is 0 Å². The summed E-state index contributed by atoms with van der Waals surface area (Å²) in [6.45, 7) is 10.9. The van der Waals surface area contributed by atoms with Crippen LogP contribution in [0.25, 0.3) is 10.8 Å². The summed E-state index contributed by atoms with van der Waals surface area (Å²) in [7, 11) is 0. The topological polar surface area (TPSA) is 59.6 Å². The fourth-order valence-electron chi connectivity index (χ4n) is 4.33. The van der Waals surface area contributed by atoms with E-state index >= 15 is 0 Å². The van der Waals surface area contributed by atoms with Gasteiger partial charge in [-0.3, -0.25) is 9.59 Å². The van der Waals surface area contributed by atoms with Gasteiger partial charge >= 0.3 is 0 Å². The molecule has 3 aromatic rings. The van der Waals surface area contributed by atoms with Crippen LogP contribution in [0, 0.1) is 12.8 Å². The fourth-order valence-corrected chi connectivity index (χ4v) is 4.33. The third kappa shape index (κ3) is 4.69. The molecule has 162 valence electrons. The number of aromatic nitrogens is 2. The summed E-state index contributed by atoms with van der Waals surface area (Å²) in [5, 5.41) is 5.72. The molecule has 0 spiro atoms. The molecule has 1 N–H and O–H groups in total. The SMILES string of the molecule is Cc1cccc(C[NH+]2CCN(C(=O)c3nn(CC(C)C)c(=O)c4ccccc34)CC2)c1. The van der Waals surface area contributed by atoms with Crippen molar-refractivity contribution in [1.82, 2.24) is 14.7 Å². The van der Waals surface area contributed by atoms with E-state index in [4.69, 9.17) is 0 Å². The first kappa shape index (κ1) is 21.2. The van der Waals surface area contributed by atoms with Crippen molar-refractivity contribution < 1.29 is 9.69 Å². The van der Waals surface area contributed by atoms with Gasteiger partial charge in [0, 0.05) is 17.5 Å². The van der Waals surface area contributed by atoms with Crippen molar-refractivity contribution in [3.8, 4) is 0 Å². The van der Waals surface area contributed by atoms with Gasteiger partial charge in [-0.05, 0) is 18.9 Å². The van der Waals surface area contributed by atoms with Crippen molar-refractivity contribution in [3.63, 3.8) is 0 Å². The van der Waals surface area contributed by atoms with Crippen LogP contribution in [0.5, 0.6) is 0 Å². The fraction of sp³-hybridized carbons (Fsp3) is 0.400. The average Bonchev–Trinajstić information content (AvgIpc) is 2.75. The molecule has 1 aliphatic heterocycles. The summed E-state index contributed by atoms with van der Waals surface area (Å²) in [6, 6.07) is 15.9. The minimum Gasteiger partial charge on any atom is -0.328 e. The molecule has 6 heteroatoms. The number of quaternary nitrogens is 1. The number of fused-ring (bicyclic) bond motifs is 1. The number of nitrogens with one attached hydrogen (secondary N) is 1. The van der Waals surface area contributed by atoms with E-state index < -0.39 is 0 Å². The molecule has 0 aliphatic carbocycles. The Labute approximate surface area is 183 Å². The molecule has 1 aliphatic rings. The van der Waals surface area contributed by atoms with E-state index in [1.54, 1.807) is 6.07 Å². The predicted octanol–water partition coefficient (Wildman–Crippen LogP) is 1.90. The highest BCUT2D eigenvalue weighted by molar-refractivity contribution is 6.04. The second-order valence-corrected chi connectivity index (χ2v) is 8.98. The van der Waals surface area contributed by atoms with Gasteiger partial charge in [0.25, 0.3) is 11.5 Å². The lowest BCUT2D eigenvalue weighted by atomic mass is 10.1. The molecule has 0 atom stereocenters. The first-order valence-electron chi connectivity index (χ1n) is 11.1. The van der Waals surface area contributed by atoms with Crippen LogP contribution in [0.4, 0.5) is 0 Å². The molecule has 0 bridgehead atoms. The first-order chi connectivity index (χ1) is 14.9. The minimum absolute atomic E-state index is 0.0803. The Morgan fingerprint density at radius 3 is 2.45 bits per heavy atom. The van der Waals surface area contributed by atoms with E-state index in [9.17, 15) is 9.59 Å². The molecule has 6 nitrogen and oxygen atoms in total. The van der Waals surface area contributed by atoms with Crippen molar-refractivity contribution in [1.29, 1.82) is 0 Å². The molecule has 1 aromatic heterocycles. The van der Waals surface area contributed by atoms with Crippen LogP contribution in [-0.4, -0.2) is 46.8 Å². The maximum Gasteiger partial charge on any atom is 0.275 e.